The molecule has 0 radical (unpaired) electrons. The van der Waals surface area contributed by atoms with Crippen molar-refractivity contribution in [2.75, 3.05) is 5.32 Å². The minimum absolute atomic E-state index is 0.743. The van der Waals surface area contributed by atoms with Crippen molar-refractivity contribution < 1.29 is 0 Å². The van der Waals surface area contributed by atoms with Crippen LogP contribution in [0, 0.1) is 13.8 Å². The Bertz CT molecular complexity index is 1270. The molecule has 0 bridgehead atoms. The van der Waals surface area contributed by atoms with Gasteiger partial charge in [0.05, 0.1) is 10.2 Å². The number of pyridine rings is 1. The summed E-state index contributed by atoms with van der Waals surface area (Å²) in [6.45, 7) is 8.94. The Morgan fingerprint density at radius 1 is 1.14 bits per heavy atom. The summed E-state index contributed by atoms with van der Waals surface area (Å²) in [6, 6.07) is 10.7. The Hall–Kier alpha value is -2.86. The second-order valence-electron chi connectivity index (χ2n) is 6.77. The molecule has 0 unspecified atom stereocenters. The Morgan fingerprint density at radius 3 is 2.79 bits per heavy atom. The van der Waals surface area contributed by atoms with E-state index in [0.717, 1.165) is 28.4 Å². The Kier molecular flexibility index (Phi) is 4.81. The maximum atomic E-state index is 4.72. The highest BCUT2D eigenvalue weighted by Crippen LogP contribution is 2.38. The Labute approximate surface area is 168 Å². The van der Waals surface area contributed by atoms with E-state index in [0.29, 0.717) is 0 Å². The van der Waals surface area contributed by atoms with Crippen molar-refractivity contribution in [3.63, 3.8) is 0 Å². The van der Waals surface area contributed by atoms with E-state index in [-0.39, 0.29) is 0 Å². The van der Waals surface area contributed by atoms with Gasteiger partial charge in [-0.05, 0) is 54.6 Å². The van der Waals surface area contributed by atoms with Gasteiger partial charge in [-0.1, -0.05) is 19.9 Å². The molecule has 5 aromatic rings. The van der Waals surface area contributed by atoms with Crippen molar-refractivity contribution in [1.29, 1.82) is 0 Å². The molecule has 0 aliphatic rings. The molecule has 0 atom stereocenters. The van der Waals surface area contributed by atoms with E-state index in [1.165, 1.54) is 32.1 Å². The van der Waals surface area contributed by atoms with Gasteiger partial charge in [0.15, 0.2) is 5.82 Å². The minimum atomic E-state index is 0.743. The molecule has 0 amide bonds. The van der Waals surface area contributed by atoms with Crippen molar-refractivity contribution >= 4 is 48.5 Å². The van der Waals surface area contributed by atoms with Crippen LogP contribution in [0.2, 0.25) is 0 Å². The minimum Gasteiger partial charge on any atom is -0.363 e. The summed E-state index contributed by atoms with van der Waals surface area (Å²) in [5.74, 6) is 0.928. The second-order valence-corrected chi connectivity index (χ2v) is 7.76. The molecular formula is C22H25N5S. The van der Waals surface area contributed by atoms with Crippen LogP contribution in [0.25, 0.3) is 31.3 Å². The molecule has 0 saturated carbocycles. The molecule has 28 heavy (non-hydrogen) atoms. The maximum absolute atomic E-state index is 4.72. The number of nitrogens with zero attached hydrogens (tertiary/aromatic N) is 3. The topological polar surface area (TPSA) is 58.5 Å². The predicted octanol–water partition coefficient (Wildman–Crippen LogP) is 5.92. The number of hydrogen-bond acceptors (Lipinski definition) is 4. The highest BCUT2D eigenvalue weighted by Gasteiger charge is 2.17. The van der Waals surface area contributed by atoms with E-state index in [4.69, 9.17) is 10.1 Å². The van der Waals surface area contributed by atoms with Crippen LogP contribution in [0.15, 0.2) is 36.5 Å². The quantitative estimate of drug-likeness (QED) is 0.401. The third kappa shape index (κ3) is 3.03. The fraction of sp³-hybridized carbons (Fsp3) is 0.273. The normalized spacial score (nSPS) is 11.2. The van der Waals surface area contributed by atoms with E-state index >= 15 is 0 Å². The molecule has 0 saturated heterocycles. The number of fused-ring (bicyclic) bond motifs is 4. The van der Waals surface area contributed by atoms with Crippen LogP contribution in [-0.2, 0) is 13.6 Å². The van der Waals surface area contributed by atoms with Gasteiger partial charge in [-0.2, -0.15) is 5.10 Å². The van der Waals surface area contributed by atoms with Crippen LogP contribution in [0.1, 0.15) is 30.7 Å². The Morgan fingerprint density at radius 2 is 1.96 bits per heavy atom. The lowest BCUT2D eigenvalue weighted by molar-refractivity contribution is 0.799. The van der Waals surface area contributed by atoms with E-state index in [9.17, 15) is 0 Å². The summed E-state index contributed by atoms with van der Waals surface area (Å²) in [5, 5.41) is 10.7. The predicted molar refractivity (Wildman–Crippen MR) is 120 cm³/mol. The first-order valence-corrected chi connectivity index (χ1v) is 10.4. The molecule has 5 rings (SSSR count). The largest absolute Gasteiger partial charge is 0.363 e. The summed E-state index contributed by atoms with van der Waals surface area (Å²) in [4.78, 5) is 9.04. The number of thiophene rings is 1. The van der Waals surface area contributed by atoms with E-state index in [2.05, 4.69) is 47.6 Å². The van der Waals surface area contributed by atoms with Gasteiger partial charge in [0.25, 0.3) is 0 Å². The average Bonchev–Trinajstić information content (AvgIpc) is 3.36. The highest BCUT2D eigenvalue weighted by molar-refractivity contribution is 7.26. The van der Waals surface area contributed by atoms with Crippen LogP contribution in [0.4, 0.5) is 5.82 Å². The molecule has 0 spiro atoms. The lowest BCUT2D eigenvalue weighted by Crippen LogP contribution is -2.01. The van der Waals surface area contributed by atoms with Crippen LogP contribution in [0.3, 0.4) is 0 Å². The number of aromatic nitrogens is 4. The van der Waals surface area contributed by atoms with Crippen molar-refractivity contribution in [3.8, 4) is 0 Å². The number of anilines is 1. The zero-order chi connectivity index (χ0) is 19.8. The van der Waals surface area contributed by atoms with Crippen molar-refractivity contribution in [2.24, 2.45) is 7.05 Å². The maximum Gasteiger partial charge on any atom is 0.166 e. The molecule has 0 aliphatic heterocycles. The standard InChI is InChI=1S/C20H19N5S.C2H6/c1-11-8-12(2)23-20-16(11)17-18(26-20)19(24-25(17)3)22-10-13-4-5-15-14(9-13)6-7-21-15;1-2/h4-9,21H,10H2,1-3H3,(H,22,24);1-2H3. The number of aryl methyl sites for hydroxylation is 3. The third-order valence-corrected chi connectivity index (χ3v) is 5.91. The lowest BCUT2D eigenvalue weighted by atomic mass is 10.1. The van der Waals surface area contributed by atoms with Gasteiger partial charge in [-0.15, -0.1) is 11.3 Å². The summed E-state index contributed by atoms with van der Waals surface area (Å²) in [7, 11) is 2.00. The number of H-pyrrole nitrogens is 1. The number of nitrogens with one attached hydrogen (secondary N) is 2. The van der Waals surface area contributed by atoms with Crippen LogP contribution < -0.4 is 5.32 Å². The summed E-state index contributed by atoms with van der Waals surface area (Å²) in [6.07, 6.45) is 1.97. The molecule has 0 aliphatic carbocycles. The number of benzene rings is 1. The fourth-order valence-corrected chi connectivity index (χ4v) is 4.93. The molecule has 4 aromatic heterocycles. The molecule has 2 N–H and O–H groups in total. The molecular weight excluding hydrogens is 366 g/mol. The van der Waals surface area contributed by atoms with Gasteiger partial charge in [-0.3, -0.25) is 4.68 Å². The zero-order valence-electron chi connectivity index (χ0n) is 16.9. The fourth-order valence-electron chi connectivity index (χ4n) is 3.65. The molecule has 5 nitrogen and oxygen atoms in total. The molecule has 1 aromatic carbocycles. The van der Waals surface area contributed by atoms with Crippen LogP contribution >= 0.6 is 11.3 Å². The summed E-state index contributed by atoms with van der Waals surface area (Å²) >= 11 is 1.71. The number of rotatable bonds is 3. The smallest absolute Gasteiger partial charge is 0.166 e. The third-order valence-electron chi connectivity index (χ3n) is 4.83. The van der Waals surface area contributed by atoms with Gasteiger partial charge in [0.2, 0.25) is 0 Å². The van der Waals surface area contributed by atoms with Gasteiger partial charge in [-0.25, -0.2) is 4.98 Å². The SMILES string of the molecule is CC.Cc1cc(C)c2c(n1)sc1c(NCc3ccc4[nH]ccc4c3)nn(C)c12. The van der Waals surface area contributed by atoms with E-state index in [1.807, 2.05) is 38.7 Å². The zero-order valence-corrected chi connectivity index (χ0v) is 17.7. The van der Waals surface area contributed by atoms with Crippen molar-refractivity contribution in [1.82, 2.24) is 19.7 Å². The number of hydrogen-bond donors (Lipinski definition) is 2. The second kappa shape index (κ2) is 7.28. The monoisotopic (exact) mass is 391 g/mol. The van der Waals surface area contributed by atoms with Gasteiger partial charge < -0.3 is 10.3 Å². The Balaban J connectivity index is 0.000000932. The van der Waals surface area contributed by atoms with Gasteiger partial charge in [0.1, 0.15) is 4.83 Å². The first-order valence-electron chi connectivity index (χ1n) is 9.63. The van der Waals surface area contributed by atoms with E-state index < -0.39 is 0 Å². The highest BCUT2D eigenvalue weighted by atomic mass is 32.1. The molecule has 4 heterocycles. The van der Waals surface area contributed by atoms with Crippen molar-refractivity contribution in [3.05, 3.63) is 53.3 Å². The molecule has 144 valence electrons. The first-order chi connectivity index (χ1) is 13.6. The molecule has 0 fully saturated rings. The summed E-state index contributed by atoms with van der Waals surface area (Å²) < 4.78 is 3.14. The average molecular weight is 392 g/mol. The van der Waals surface area contributed by atoms with Gasteiger partial charge >= 0.3 is 0 Å². The lowest BCUT2D eigenvalue weighted by Gasteiger charge is -2.04. The summed E-state index contributed by atoms with van der Waals surface area (Å²) in [5.41, 5.74) is 5.88. The first kappa shape index (κ1) is 18.5. The van der Waals surface area contributed by atoms with Crippen molar-refractivity contribution in [2.45, 2.75) is 34.2 Å². The van der Waals surface area contributed by atoms with Crippen LogP contribution in [0.5, 0.6) is 0 Å². The van der Waals surface area contributed by atoms with Crippen LogP contribution in [-0.4, -0.2) is 19.7 Å². The van der Waals surface area contributed by atoms with E-state index in [1.54, 1.807) is 11.3 Å². The number of aromatic amines is 1. The molecule has 6 heteroatoms. The van der Waals surface area contributed by atoms with Gasteiger partial charge in [0, 0.05) is 36.4 Å².